The molecule has 0 bridgehead atoms. The molecule has 0 spiro atoms. The second-order valence-electron chi connectivity index (χ2n) is 6.09. The van der Waals surface area contributed by atoms with Gasteiger partial charge in [0.25, 0.3) is 11.6 Å². The van der Waals surface area contributed by atoms with Crippen LogP contribution in [0.25, 0.3) is 0 Å². The number of non-ortho nitro benzene ring substituents is 1. The van der Waals surface area contributed by atoms with Crippen LogP contribution in [0.2, 0.25) is 0 Å². The monoisotopic (exact) mass is 373 g/mol. The second kappa shape index (κ2) is 7.02. The molecule has 1 fully saturated rings. The van der Waals surface area contributed by atoms with Crippen LogP contribution >= 0.6 is 0 Å². The number of nitrogens with one attached hydrogen (secondary N) is 1. The van der Waals surface area contributed by atoms with E-state index in [1.54, 1.807) is 6.07 Å². The first-order chi connectivity index (χ1) is 12.8. The molecule has 0 aliphatic carbocycles. The number of halogens is 1. The summed E-state index contributed by atoms with van der Waals surface area (Å²) in [6, 6.07) is 10.6. The molecule has 9 heteroatoms. The van der Waals surface area contributed by atoms with E-state index in [1.807, 2.05) is 0 Å². The Balaban J connectivity index is 1.70. The van der Waals surface area contributed by atoms with Crippen molar-refractivity contribution in [2.45, 2.75) is 12.5 Å². The Morgan fingerprint density at radius 1 is 1.19 bits per heavy atom. The Kier molecular flexibility index (Phi) is 4.76. The highest BCUT2D eigenvalue weighted by atomic mass is 19.1. The van der Waals surface area contributed by atoms with Crippen LogP contribution in [0.4, 0.5) is 14.9 Å². The molecule has 0 radical (unpaired) electrons. The summed E-state index contributed by atoms with van der Waals surface area (Å²) in [5, 5.41) is 13.4. The minimum atomic E-state index is -1.34. The van der Waals surface area contributed by atoms with Gasteiger partial charge in [-0.25, -0.2) is 9.18 Å². The SMILES string of the molecule is CC1(c2ccc([N+](=O)[O-])cc2)NC(=O)N(CCOc2ccccc2F)C1=O. The van der Waals surface area contributed by atoms with Crippen LogP contribution in [0.5, 0.6) is 5.75 Å². The fraction of sp³-hybridized carbons (Fsp3) is 0.222. The van der Waals surface area contributed by atoms with Crippen LogP contribution in [-0.4, -0.2) is 34.9 Å². The Hall–Kier alpha value is -3.49. The lowest BCUT2D eigenvalue weighted by Crippen LogP contribution is -2.41. The highest BCUT2D eigenvalue weighted by Gasteiger charge is 2.48. The molecule has 0 aromatic heterocycles. The summed E-state index contributed by atoms with van der Waals surface area (Å²) >= 11 is 0. The van der Waals surface area contributed by atoms with Crippen LogP contribution in [-0.2, 0) is 10.3 Å². The minimum Gasteiger partial charge on any atom is -0.489 e. The van der Waals surface area contributed by atoms with Gasteiger partial charge in [0, 0.05) is 12.1 Å². The third kappa shape index (κ3) is 3.43. The summed E-state index contributed by atoms with van der Waals surface area (Å²) in [6.45, 7) is 1.38. The highest BCUT2D eigenvalue weighted by molar-refractivity contribution is 6.07. The molecule has 1 aliphatic rings. The third-order valence-corrected chi connectivity index (χ3v) is 4.34. The van der Waals surface area contributed by atoms with Crippen molar-refractivity contribution in [3.63, 3.8) is 0 Å². The number of urea groups is 1. The zero-order valence-electron chi connectivity index (χ0n) is 14.3. The van der Waals surface area contributed by atoms with Gasteiger partial charge in [0.15, 0.2) is 11.6 Å². The zero-order chi connectivity index (χ0) is 19.6. The lowest BCUT2D eigenvalue weighted by atomic mass is 9.92. The maximum Gasteiger partial charge on any atom is 0.325 e. The standard InChI is InChI=1S/C18H16FN3O5/c1-18(12-6-8-13(9-7-12)22(25)26)16(23)21(17(24)20-18)10-11-27-15-5-3-2-4-14(15)19/h2-9H,10-11H2,1H3,(H,20,24). The first-order valence-electron chi connectivity index (χ1n) is 8.09. The van der Waals surface area contributed by atoms with Gasteiger partial charge in [-0.2, -0.15) is 0 Å². The number of rotatable bonds is 6. The van der Waals surface area contributed by atoms with Crippen molar-refractivity contribution in [1.29, 1.82) is 0 Å². The quantitative estimate of drug-likeness (QED) is 0.476. The van der Waals surface area contributed by atoms with Gasteiger partial charge in [0.1, 0.15) is 12.1 Å². The van der Waals surface area contributed by atoms with Crippen LogP contribution in [0, 0.1) is 15.9 Å². The number of carbonyl (C=O) groups excluding carboxylic acids is 2. The van der Waals surface area contributed by atoms with Crippen LogP contribution in [0.15, 0.2) is 48.5 Å². The smallest absolute Gasteiger partial charge is 0.325 e. The molecule has 3 amide bonds. The number of nitro benzene ring substituents is 1. The second-order valence-corrected chi connectivity index (χ2v) is 6.09. The molecular weight excluding hydrogens is 357 g/mol. The van der Waals surface area contributed by atoms with Gasteiger partial charge in [0.2, 0.25) is 0 Å². The number of nitro groups is 1. The Bertz CT molecular complexity index is 902. The molecule has 27 heavy (non-hydrogen) atoms. The normalized spacial score (nSPS) is 19.1. The van der Waals surface area contributed by atoms with Gasteiger partial charge in [-0.3, -0.25) is 19.8 Å². The number of benzene rings is 2. The van der Waals surface area contributed by atoms with Crippen LogP contribution in [0.3, 0.4) is 0 Å². The van der Waals surface area contributed by atoms with E-state index in [-0.39, 0.29) is 24.6 Å². The van der Waals surface area contributed by atoms with E-state index in [2.05, 4.69) is 5.32 Å². The fourth-order valence-corrected chi connectivity index (χ4v) is 2.82. The van der Waals surface area contributed by atoms with Crippen molar-refractivity contribution < 1.29 is 23.6 Å². The van der Waals surface area contributed by atoms with Gasteiger partial charge in [-0.05, 0) is 36.8 Å². The largest absolute Gasteiger partial charge is 0.489 e. The molecule has 1 saturated heterocycles. The van der Waals surface area contributed by atoms with Gasteiger partial charge < -0.3 is 10.1 Å². The first kappa shape index (κ1) is 18.3. The molecule has 140 valence electrons. The van der Waals surface area contributed by atoms with Gasteiger partial charge in [0.05, 0.1) is 11.5 Å². The van der Waals surface area contributed by atoms with Crippen molar-refractivity contribution in [2.24, 2.45) is 0 Å². The number of hydrogen-bond acceptors (Lipinski definition) is 5. The van der Waals surface area contributed by atoms with Crippen molar-refractivity contribution in [3.05, 3.63) is 70.0 Å². The van der Waals surface area contributed by atoms with Crippen molar-refractivity contribution in [3.8, 4) is 5.75 Å². The van der Waals surface area contributed by atoms with Crippen molar-refractivity contribution in [1.82, 2.24) is 10.2 Å². The summed E-state index contributed by atoms with van der Waals surface area (Å²) in [5.74, 6) is -1.02. The topological polar surface area (TPSA) is 102 Å². The van der Waals surface area contributed by atoms with E-state index >= 15 is 0 Å². The summed E-state index contributed by atoms with van der Waals surface area (Å²) in [6.07, 6.45) is 0. The van der Waals surface area contributed by atoms with E-state index in [0.29, 0.717) is 5.56 Å². The summed E-state index contributed by atoms with van der Waals surface area (Å²) in [7, 11) is 0. The molecule has 1 aliphatic heterocycles. The summed E-state index contributed by atoms with van der Waals surface area (Å²) in [5.41, 5.74) is -1.04. The molecule has 1 heterocycles. The molecule has 8 nitrogen and oxygen atoms in total. The molecule has 2 aromatic rings. The summed E-state index contributed by atoms with van der Waals surface area (Å²) in [4.78, 5) is 36.1. The Morgan fingerprint density at radius 2 is 1.85 bits per heavy atom. The maximum absolute atomic E-state index is 13.5. The molecule has 3 rings (SSSR count). The predicted octanol–water partition coefficient (Wildman–Crippen LogP) is 2.58. The average Bonchev–Trinajstić information content (AvgIpc) is 2.87. The van der Waals surface area contributed by atoms with E-state index in [0.717, 1.165) is 4.90 Å². The molecule has 1 atom stereocenters. The number of carbonyl (C=O) groups is 2. The van der Waals surface area contributed by atoms with Gasteiger partial charge in [-0.15, -0.1) is 0 Å². The highest BCUT2D eigenvalue weighted by Crippen LogP contribution is 2.30. The number of hydrogen-bond donors (Lipinski definition) is 1. The minimum absolute atomic E-state index is 0.0303. The molecular formula is C18H16FN3O5. The molecule has 1 N–H and O–H groups in total. The average molecular weight is 373 g/mol. The number of nitrogens with zero attached hydrogens (tertiary/aromatic N) is 2. The Morgan fingerprint density at radius 3 is 2.48 bits per heavy atom. The van der Waals surface area contributed by atoms with Crippen LogP contribution < -0.4 is 10.1 Å². The number of ether oxygens (including phenoxy) is 1. The molecule has 0 saturated carbocycles. The summed E-state index contributed by atoms with van der Waals surface area (Å²) < 4.78 is 18.8. The van der Waals surface area contributed by atoms with Crippen LogP contribution in [0.1, 0.15) is 12.5 Å². The number of amides is 3. The zero-order valence-corrected chi connectivity index (χ0v) is 14.3. The maximum atomic E-state index is 13.5. The van der Waals surface area contributed by atoms with E-state index in [1.165, 1.54) is 49.4 Å². The number of para-hydroxylation sites is 1. The lowest BCUT2D eigenvalue weighted by molar-refractivity contribution is -0.384. The fourth-order valence-electron chi connectivity index (χ4n) is 2.82. The van der Waals surface area contributed by atoms with E-state index in [9.17, 15) is 24.1 Å². The first-order valence-corrected chi connectivity index (χ1v) is 8.09. The van der Waals surface area contributed by atoms with Crippen molar-refractivity contribution >= 4 is 17.6 Å². The van der Waals surface area contributed by atoms with E-state index in [4.69, 9.17) is 4.74 Å². The predicted molar refractivity (Wildman–Crippen MR) is 92.6 cm³/mol. The Labute approximate surface area is 153 Å². The molecule has 1 unspecified atom stereocenters. The van der Waals surface area contributed by atoms with Crippen molar-refractivity contribution in [2.75, 3.05) is 13.2 Å². The third-order valence-electron chi connectivity index (χ3n) is 4.34. The van der Waals surface area contributed by atoms with E-state index < -0.39 is 28.2 Å². The number of imide groups is 1. The van der Waals surface area contributed by atoms with Gasteiger partial charge in [-0.1, -0.05) is 12.1 Å². The molecule has 2 aromatic carbocycles. The lowest BCUT2D eigenvalue weighted by Gasteiger charge is -2.22. The van der Waals surface area contributed by atoms with Gasteiger partial charge >= 0.3 is 6.03 Å².